The number of nitrogens with two attached hydrogens (primary N) is 1. The lowest BCUT2D eigenvalue weighted by Crippen LogP contribution is -2.59. The summed E-state index contributed by atoms with van der Waals surface area (Å²) >= 11 is 0. The van der Waals surface area contributed by atoms with E-state index in [2.05, 4.69) is 16.0 Å². The Kier molecular flexibility index (Phi) is 11.5. The average Bonchev–Trinajstić information content (AvgIpc) is 2.65. The molecular formula is C17H30N4O9. The summed E-state index contributed by atoms with van der Waals surface area (Å²) in [6.45, 7) is 3.47. The molecule has 0 aromatic heterocycles. The van der Waals surface area contributed by atoms with Crippen molar-refractivity contribution in [2.24, 2.45) is 11.7 Å². The van der Waals surface area contributed by atoms with Crippen LogP contribution >= 0.6 is 0 Å². The van der Waals surface area contributed by atoms with E-state index in [9.17, 15) is 34.2 Å². The molecule has 0 bridgehead atoms. The molecule has 0 spiro atoms. The van der Waals surface area contributed by atoms with E-state index in [0.29, 0.717) is 0 Å². The van der Waals surface area contributed by atoms with Gasteiger partial charge in [-0.3, -0.25) is 19.2 Å². The van der Waals surface area contributed by atoms with Crippen LogP contribution in [0.2, 0.25) is 0 Å². The maximum atomic E-state index is 12.5. The summed E-state index contributed by atoms with van der Waals surface area (Å²) in [6.07, 6.45) is -2.11. The highest BCUT2D eigenvalue weighted by atomic mass is 16.4. The van der Waals surface area contributed by atoms with E-state index in [-0.39, 0.29) is 6.42 Å². The fraction of sp³-hybridized carbons (Fsp3) is 0.706. The third-order valence-electron chi connectivity index (χ3n) is 4.15. The number of amides is 3. The number of hydrogen-bond donors (Lipinski definition) is 8. The minimum atomic E-state index is -1.55. The van der Waals surface area contributed by atoms with Crippen LogP contribution in [0.5, 0.6) is 0 Å². The first kappa shape index (κ1) is 27.2. The molecule has 0 radical (unpaired) electrons. The Balaban J connectivity index is 5.30. The van der Waals surface area contributed by atoms with E-state index in [1.807, 2.05) is 0 Å². The van der Waals surface area contributed by atoms with Gasteiger partial charge in [0.25, 0.3) is 0 Å². The van der Waals surface area contributed by atoms with Crippen molar-refractivity contribution in [1.29, 1.82) is 0 Å². The van der Waals surface area contributed by atoms with E-state index in [4.69, 9.17) is 15.9 Å². The molecule has 0 rings (SSSR count). The van der Waals surface area contributed by atoms with Crippen LogP contribution in [-0.2, 0) is 24.0 Å². The van der Waals surface area contributed by atoms with Crippen molar-refractivity contribution < 1.29 is 44.4 Å². The van der Waals surface area contributed by atoms with Gasteiger partial charge in [-0.05, 0) is 19.3 Å². The molecule has 3 amide bonds. The highest BCUT2D eigenvalue weighted by molar-refractivity contribution is 5.94. The number of carboxylic acid groups (broad SMARTS) is 2. The minimum absolute atomic E-state index is 0.358. The molecule has 172 valence electrons. The molecule has 0 fully saturated rings. The predicted molar refractivity (Wildman–Crippen MR) is 102 cm³/mol. The Labute approximate surface area is 173 Å². The Morgan fingerprint density at radius 2 is 1.37 bits per heavy atom. The molecule has 13 heteroatoms. The standard InChI is InChI=1S/C17H30N4O9/c1-7(2)13(17(29)30)21-15(27)10(6-22)20-14(26)9(4-5-11(24)25)19-16(28)12(18)8(3)23/h7-10,12-13,22-23H,4-6,18H2,1-3H3,(H,19,28)(H,20,26)(H,21,27)(H,24,25)(H,29,30). The average molecular weight is 434 g/mol. The summed E-state index contributed by atoms with van der Waals surface area (Å²) in [5.41, 5.74) is 5.48. The molecule has 0 aromatic rings. The van der Waals surface area contributed by atoms with Crippen LogP contribution in [0.4, 0.5) is 0 Å². The van der Waals surface area contributed by atoms with Crippen molar-refractivity contribution in [2.75, 3.05) is 6.61 Å². The van der Waals surface area contributed by atoms with E-state index < -0.39 is 78.9 Å². The maximum Gasteiger partial charge on any atom is 0.326 e. The summed E-state index contributed by atoms with van der Waals surface area (Å²) in [5, 5.41) is 43.3. The normalized spacial score (nSPS) is 16.0. The summed E-state index contributed by atoms with van der Waals surface area (Å²) in [6, 6.07) is -5.63. The van der Waals surface area contributed by atoms with Crippen molar-refractivity contribution in [1.82, 2.24) is 16.0 Å². The molecule has 0 saturated carbocycles. The Bertz CT molecular complexity index is 639. The number of carboxylic acids is 2. The van der Waals surface area contributed by atoms with Gasteiger partial charge in [0.1, 0.15) is 24.2 Å². The SMILES string of the molecule is CC(C)C(NC(=O)C(CO)NC(=O)C(CCC(=O)O)NC(=O)C(N)C(C)O)C(=O)O. The van der Waals surface area contributed by atoms with E-state index in [1.165, 1.54) is 6.92 Å². The van der Waals surface area contributed by atoms with Gasteiger partial charge in [0.05, 0.1) is 12.7 Å². The number of aliphatic hydroxyl groups is 2. The van der Waals surface area contributed by atoms with Crippen molar-refractivity contribution >= 4 is 29.7 Å². The second kappa shape index (κ2) is 12.7. The molecular weight excluding hydrogens is 404 g/mol. The first-order chi connectivity index (χ1) is 13.8. The van der Waals surface area contributed by atoms with Crippen LogP contribution in [0.1, 0.15) is 33.6 Å². The molecule has 30 heavy (non-hydrogen) atoms. The summed E-state index contributed by atoms with van der Waals surface area (Å²) < 4.78 is 0. The second-order valence-electron chi connectivity index (χ2n) is 7.07. The number of hydrogen-bond acceptors (Lipinski definition) is 8. The van der Waals surface area contributed by atoms with Crippen molar-refractivity contribution in [3.63, 3.8) is 0 Å². The molecule has 13 nitrogen and oxygen atoms in total. The highest BCUT2D eigenvalue weighted by Crippen LogP contribution is 2.04. The number of aliphatic hydroxyl groups excluding tert-OH is 2. The zero-order valence-electron chi connectivity index (χ0n) is 17.0. The number of nitrogens with one attached hydrogen (secondary N) is 3. The Hall–Kier alpha value is -2.77. The molecule has 9 N–H and O–H groups in total. The quantitative estimate of drug-likeness (QED) is 0.144. The molecule has 0 saturated heterocycles. The largest absolute Gasteiger partial charge is 0.481 e. The van der Waals surface area contributed by atoms with Crippen LogP contribution < -0.4 is 21.7 Å². The third kappa shape index (κ3) is 9.15. The monoisotopic (exact) mass is 434 g/mol. The van der Waals surface area contributed by atoms with Gasteiger partial charge in [-0.2, -0.15) is 0 Å². The summed E-state index contributed by atoms with van der Waals surface area (Å²) in [7, 11) is 0. The number of aliphatic carboxylic acids is 2. The predicted octanol–water partition coefficient (Wildman–Crippen LogP) is -3.25. The molecule has 0 aliphatic rings. The maximum absolute atomic E-state index is 12.5. The van der Waals surface area contributed by atoms with Crippen LogP contribution in [0.25, 0.3) is 0 Å². The minimum Gasteiger partial charge on any atom is -0.481 e. The van der Waals surface area contributed by atoms with Gasteiger partial charge in [-0.25, -0.2) is 4.79 Å². The van der Waals surface area contributed by atoms with Gasteiger partial charge in [-0.15, -0.1) is 0 Å². The smallest absolute Gasteiger partial charge is 0.326 e. The van der Waals surface area contributed by atoms with Gasteiger partial charge in [0.2, 0.25) is 17.7 Å². The van der Waals surface area contributed by atoms with E-state index in [1.54, 1.807) is 13.8 Å². The fourth-order valence-corrected chi connectivity index (χ4v) is 2.26. The Morgan fingerprint density at radius 1 is 0.867 bits per heavy atom. The molecule has 5 unspecified atom stereocenters. The second-order valence-corrected chi connectivity index (χ2v) is 7.07. The van der Waals surface area contributed by atoms with Crippen molar-refractivity contribution in [3.8, 4) is 0 Å². The molecule has 0 aromatic carbocycles. The van der Waals surface area contributed by atoms with Gasteiger partial charge < -0.3 is 42.1 Å². The van der Waals surface area contributed by atoms with Gasteiger partial charge in [-0.1, -0.05) is 13.8 Å². The van der Waals surface area contributed by atoms with Crippen molar-refractivity contribution in [2.45, 2.75) is 63.9 Å². The zero-order chi connectivity index (χ0) is 23.6. The van der Waals surface area contributed by atoms with E-state index in [0.717, 1.165) is 0 Å². The topological polar surface area (TPSA) is 228 Å². The number of rotatable bonds is 13. The molecule has 0 aliphatic carbocycles. The van der Waals surface area contributed by atoms with Crippen LogP contribution in [0.3, 0.4) is 0 Å². The van der Waals surface area contributed by atoms with Crippen LogP contribution in [0, 0.1) is 5.92 Å². The van der Waals surface area contributed by atoms with E-state index >= 15 is 0 Å². The number of carbonyl (C=O) groups excluding carboxylic acids is 3. The fourth-order valence-electron chi connectivity index (χ4n) is 2.26. The lowest BCUT2D eigenvalue weighted by molar-refractivity contribution is -0.143. The first-order valence-electron chi connectivity index (χ1n) is 9.22. The van der Waals surface area contributed by atoms with Crippen molar-refractivity contribution in [3.05, 3.63) is 0 Å². The Morgan fingerprint density at radius 3 is 1.77 bits per heavy atom. The van der Waals surface area contributed by atoms with Crippen LogP contribution in [0.15, 0.2) is 0 Å². The van der Waals surface area contributed by atoms with Gasteiger partial charge in [0.15, 0.2) is 0 Å². The van der Waals surface area contributed by atoms with Gasteiger partial charge in [0, 0.05) is 6.42 Å². The van der Waals surface area contributed by atoms with Gasteiger partial charge >= 0.3 is 11.9 Å². The lowest BCUT2D eigenvalue weighted by atomic mass is 10.0. The highest BCUT2D eigenvalue weighted by Gasteiger charge is 2.31. The molecule has 0 aliphatic heterocycles. The molecule has 0 heterocycles. The zero-order valence-corrected chi connectivity index (χ0v) is 17.0. The third-order valence-corrected chi connectivity index (χ3v) is 4.15. The first-order valence-corrected chi connectivity index (χ1v) is 9.22. The summed E-state index contributed by atoms with van der Waals surface area (Å²) in [5.74, 6) is -5.93. The number of carbonyl (C=O) groups is 5. The lowest BCUT2D eigenvalue weighted by Gasteiger charge is -2.25. The summed E-state index contributed by atoms with van der Waals surface area (Å²) in [4.78, 5) is 58.8. The van der Waals surface area contributed by atoms with Crippen LogP contribution in [-0.4, -0.2) is 87.0 Å². The molecule has 5 atom stereocenters.